The van der Waals surface area contributed by atoms with E-state index in [0.717, 1.165) is 0 Å². The number of alkyl halides is 3. The van der Waals surface area contributed by atoms with Crippen molar-refractivity contribution < 1.29 is 32.2 Å². The third-order valence-corrected chi connectivity index (χ3v) is 3.31. The molecule has 0 rings (SSSR count). The van der Waals surface area contributed by atoms with E-state index in [4.69, 9.17) is 9.47 Å². The molecule has 0 aromatic rings. The lowest BCUT2D eigenvalue weighted by atomic mass is 9.89. The number of ether oxygens (including phenoxy) is 2. The lowest BCUT2D eigenvalue weighted by Crippen LogP contribution is -2.34. The van der Waals surface area contributed by atoms with Crippen molar-refractivity contribution in [1.82, 2.24) is 0 Å². The van der Waals surface area contributed by atoms with Crippen LogP contribution in [0.1, 0.15) is 61.3 Å². The summed E-state index contributed by atoms with van der Waals surface area (Å²) in [5.41, 5.74) is -0.593. The molecule has 0 fully saturated rings. The van der Waals surface area contributed by atoms with E-state index in [1.165, 1.54) is 6.92 Å². The van der Waals surface area contributed by atoms with Gasteiger partial charge >= 0.3 is 18.1 Å². The van der Waals surface area contributed by atoms with Gasteiger partial charge in [0.15, 0.2) is 0 Å². The van der Waals surface area contributed by atoms with Gasteiger partial charge in [-0.1, -0.05) is 48.5 Å². The first-order valence-corrected chi connectivity index (χ1v) is 8.42. The summed E-state index contributed by atoms with van der Waals surface area (Å²) in [6.45, 7) is 12.7. The standard InChI is InChI=1S/C18H31F3O4/c1-12(14(22)24-10-16(2,3)4)13(8-9-18(19,20)21)15(23)25-11-17(5,6)7/h12-13H,8-11H2,1-7H3. The molecule has 2 unspecified atom stereocenters. The average Bonchev–Trinajstić information content (AvgIpc) is 2.39. The van der Waals surface area contributed by atoms with Gasteiger partial charge in [-0.25, -0.2) is 0 Å². The third-order valence-electron chi connectivity index (χ3n) is 3.31. The molecule has 4 nitrogen and oxygen atoms in total. The van der Waals surface area contributed by atoms with Crippen molar-refractivity contribution in [1.29, 1.82) is 0 Å². The van der Waals surface area contributed by atoms with Crippen LogP contribution in [-0.2, 0) is 19.1 Å². The van der Waals surface area contributed by atoms with Crippen LogP contribution in [0.2, 0.25) is 0 Å². The second-order valence-corrected chi connectivity index (χ2v) is 8.89. The van der Waals surface area contributed by atoms with Gasteiger partial charge in [-0.05, 0) is 17.3 Å². The average molecular weight is 368 g/mol. The highest BCUT2D eigenvalue weighted by Gasteiger charge is 2.37. The van der Waals surface area contributed by atoms with E-state index in [-0.39, 0.29) is 24.0 Å². The van der Waals surface area contributed by atoms with Crippen LogP contribution in [0, 0.1) is 22.7 Å². The topological polar surface area (TPSA) is 52.6 Å². The van der Waals surface area contributed by atoms with Crippen molar-refractivity contribution in [3.05, 3.63) is 0 Å². The van der Waals surface area contributed by atoms with Crippen molar-refractivity contribution in [2.75, 3.05) is 13.2 Å². The predicted molar refractivity (Wildman–Crippen MR) is 88.8 cm³/mol. The second kappa shape index (κ2) is 8.90. The Balaban J connectivity index is 5.02. The normalized spacial score (nSPS) is 15.4. The highest BCUT2D eigenvalue weighted by atomic mass is 19.4. The summed E-state index contributed by atoms with van der Waals surface area (Å²) in [6.07, 6.45) is -6.06. The van der Waals surface area contributed by atoms with Gasteiger partial charge in [0, 0.05) is 6.42 Å². The van der Waals surface area contributed by atoms with Gasteiger partial charge in [0.1, 0.15) is 0 Å². The maximum absolute atomic E-state index is 12.6. The minimum atomic E-state index is -4.41. The zero-order valence-corrected chi connectivity index (χ0v) is 16.3. The molecule has 2 atom stereocenters. The first-order valence-electron chi connectivity index (χ1n) is 8.42. The number of rotatable bonds is 7. The van der Waals surface area contributed by atoms with Crippen LogP contribution < -0.4 is 0 Å². The van der Waals surface area contributed by atoms with E-state index in [1.807, 2.05) is 41.5 Å². The fourth-order valence-corrected chi connectivity index (χ4v) is 1.87. The summed E-state index contributed by atoms with van der Waals surface area (Å²) in [5, 5.41) is 0. The fourth-order valence-electron chi connectivity index (χ4n) is 1.87. The molecule has 0 amide bonds. The Morgan fingerprint density at radius 1 is 0.840 bits per heavy atom. The van der Waals surface area contributed by atoms with Crippen molar-refractivity contribution >= 4 is 11.9 Å². The molecule has 0 aliphatic carbocycles. The summed E-state index contributed by atoms with van der Waals surface area (Å²) in [4.78, 5) is 24.4. The summed E-state index contributed by atoms with van der Waals surface area (Å²) < 4.78 is 48.0. The van der Waals surface area contributed by atoms with Crippen molar-refractivity contribution in [3.8, 4) is 0 Å². The van der Waals surface area contributed by atoms with Crippen LogP contribution >= 0.6 is 0 Å². The van der Waals surface area contributed by atoms with Crippen LogP contribution in [0.15, 0.2) is 0 Å². The van der Waals surface area contributed by atoms with Crippen LogP contribution in [0.5, 0.6) is 0 Å². The van der Waals surface area contributed by atoms with E-state index in [1.54, 1.807) is 0 Å². The Labute approximate surface area is 148 Å². The van der Waals surface area contributed by atoms with Crippen LogP contribution in [-0.4, -0.2) is 31.3 Å². The van der Waals surface area contributed by atoms with E-state index in [0.29, 0.717) is 0 Å². The van der Waals surface area contributed by atoms with Gasteiger partial charge in [0.25, 0.3) is 0 Å². The molecular weight excluding hydrogens is 337 g/mol. The molecule has 0 heterocycles. The molecule has 0 saturated heterocycles. The van der Waals surface area contributed by atoms with Gasteiger partial charge in [-0.3, -0.25) is 9.59 Å². The van der Waals surface area contributed by atoms with Crippen LogP contribution in [0.25, 0.3) is 0 Å². The fraction of sp³-hybridized carbons (Fsp3) is 0.889. The first kappa shape index (κ1) is 23.7. The highest BCUT2D eigenvalue weighted by Crippen LogP contribution is 2.29. The molecule has 7 heteroatoms. The number of halogens is 3. The lowest BCUT2D eigenvalue weighted by Gasteiger charge is -2.26. The molecular formula is C18H31F3O4. The molecule has 0 aromatic carbocycles. The summed E-state index contributed by atoms with van der Waals surface area (Å²) in [6, 6.07) is 0. The maximum atomic E-state index is 12.6. The van der Waals surface area contributed by atoms with Crippen molar-refractivity contribution in [2.45, 2.75) is 67.5 Å². The monoisotopic (exact) mass is 368 g/mol. The molecule has 0 aromatic heterocycles. The minimum absolute atomic E-state index is 0.0676. The van der Waals surface area contributed by atoms with Crippen LogP contribution in [0.4, 0.5) is 13.2 Å². The minimum Gasteiger partial charge on any atom is -0.465 e. The lowest BCUT2D eigenvalue weighted by molar-refractivity contribution is -0.167. The van der Waals surface area contributed by atoms with Gasteiger partial charge in [-0.15, -0.1) is 0 Å². The van der Waals surface area contributed by atoms with Gasteiger partial charge < -0.3 is 9.47 Å². The van der Waals surface area contributed by atoms with Crippen LogP contribution in [0.3, 0.4) is 0 Å². The molecule has 0 aliphatic rings. The summed E-state index contributed by atoms with van der Waals surface area (Å²) >= 11 is 0. The van der Waals surface area contributed by atoms with E-state index < -0.39 is 42.8 Å². The number of carbonyl (C=O) groups is 2. The number of esters is 2. The van der Waals surface area contributed by atoms with E-state index in [9.17, 15) is 22.8 Å². The zero-order chi connectivity index (χ0) is 20.1. The molecule has 25 heavy (non-hydrogen) atoms. The Morgan fingerprint density at radius 3 is 1.60 bits per heavy atom. The summed E-state index contributed by atoms with van der Waals surface area (Å²) in [7, 11) is 0. The predicted octanol–water partition coefficient (Wildman–Crippen LogP) is 4.76. The van der Waals surface area contributed by atoms with Crippen molar-refractivity contribution in [3.63, 3.8) is 0 Å². The van der Waals surface area contributed by atoms with Gasteiger partial charge in [-0.2, -0.15) is 13.2 Å². The Kier molecular flexibility index (Phi) is 8.45. The molecule has 0 aliphatic heterocycles. The van der Waals surface area contributed by atoms with Gasteiger partial charge in [0.2, 0.25) is 0 Å². The Hall–Kier alpha value is -1.27. The highest BCUT2D eigenvalue weighted by molar-refractivity contribution is 5.81. The first-order chi connectivity index (χ1) is 11.0. The molecule has 0 spiro atoms. The van der Waals surface area contributed by atoms with E-state index in [2.05, 4.69) is 0 Å². The van der Waals surface area contributed by atoms with Gasteiger partial charge in [0.05, 0.1) is 25.0 Å². The Morgan fingerprint density at radius 2 is 1.24 bits per heavy atom. The van der Waals surface area contributed by atoms with E-state index >= 15 is 0 Å². The quantitative estimate of drug-likeness (QED) is 0.608. The molecule has 0 saturated carbocycles. The SMILES string of the molecule is CC(C(=O)OCC(C)(C)C)C(CCC(F)(F)F)C(=O)OCC(C)(C)C. The maximum Gasteiger partial charge on any atom is 0.389 e. The third kappa shape index (κ3) is 11.8. The number of hydrogen-bond donors (Lipinski definition) is 0. The smallest absolute Gasteiger partial charge is 0.389 e. The molecule has 148 valence electrons. The molecule has 0 bridgehead atoms. The molecule has 0 N–H and O–H groups in total. The van der Waals surface area contributed by atoms with Crippen molar-refractivity contribution in [2.24, 2.45) is 22.7 Å². The summed E-state index contributed by atoms with van der Waals surface area (Å²) in [5.74, 6) is -3.66. The zero-order valence-electron chi connectivity index (χ0n) is 16.3. The number of carbonyl (C=O) groups excluding carboxylic acids is 2. The number of hydrogen-bond acceptors (Lipinski definition) is 4. The largest absolute Gasteiger partial charge is 0.465 e. The Bertz CT molecular complexity index is 445. The second-order valence-electron chi connectivity index (χ2n) is 8.89. The molecule has 0 radical (unpaired) electrons.